The molecule has 2 heterocycles. The van der Waals surface area contributed by atoms with Crippen molar-refractivity contribution in [2.45, 2.75) is 51.9 Å². The zero-order valence-electron chi connectivity index (χ0n) is 19.5. The van der Waals surface area contributed by atoms with Crippen LogP contribution < -0.4 is 15.8 Å². The van der Waals surface area contributed by atoms with Crippen LogP contribution in [0.4, 0.5) is 23.7 Å². The van der Waals surface area contributed by atoms with Crippen molar-refractivity contribution in [2.24, 2.45) is 0 Å². The summed E-state index contributed by atoms with van der Waals surface area (Å²) in [4.78, 5) is 18.6. The maximum Gasteiger partial charge on any atom is 0.389 e. The molecule has 3 aromatic rings. The van der Waals surface area contributed by atoms with Gasteiger partial charge in [-0.3, -0.25) is 0 Å². The lowest BCUT2D eigenvalue weighted by atomic mass is 10.0. The molecule has 3 N–H and O–H groups in total. The summed E-state index contributed by atoms with van der Waals surface area (Å²) in [5, 5.41) is 2.74. The zero-order chi connectivity index (χ0) is 24.9. The van der Waals surface area contributed by atoms with Crippen LogP contribution in [-0.4, -0.2) is 46.2 Å². The van der Waals surface area contributed by atoms with Crippen molar-refractivity contribution in [3.05, 3.63) is 48.4 Å². The summed E-state index contributed by atoms with van der Waals surface area (Å²) in [6.07, 6.45) is 0.474. The zero-order valence-corrected chi connectivity index (χ0v) is 19.5. The Bertz CT molecular complexity index is 1130. The van der Waals surface area contributed by atoms with Crippen LogP contribution in [0.3, 0.4) is 0 Å². The molecule has 1 aromatic carbocycles. The SMILES string of the molecule is CCC(CCC(F)(F)F)NC(=O)N(CC)Cc1ccc(OC)c(-c2cc(N)c3nccn3c2)c1. The van der Waals surface area contributed by atoms with Crippen LogP contribution in [0.1, 0.15) is 38.7 Å². The van der Waals surface area contributed by atoms with Crippen molar-refractivity contribution < 1.29 is 22.7 Å². The van der Waals surface area contributed by atoms with Crippen LogP contribution in [0, 0.1) is 0 Å². The summed E-state index contributed by atoms with van der Waals surface area (Å²) in [7, 11) is 1.58. The molecule has 10 heteroatoms. The van der Waals surface area contributed by atoms with Crippen molar-refractivity contribution in [1.82, 2.24) is 19.6 Å². The highest BCUT2D eigenvalue weighted by Crippen LogP contribution is 2.33. The molecule has 0 aliphatic carbocycles. The number of hydrogen-bond donors (Lipinski definition) is 2. The molecule has 2 aromatic heterocycles. The fraction of sp³-hybridized carbons (Fsp3) is 0.417. The standard InChI is InChI=1S/C24H30F3N5O2/c1-4-18(8-9-24(25,26)27)30-23(33)31(5-2)14-16-6-7-21(34-3)19(12-16)17-13-20(28)22-29-10-11-32(22)15-17/h6-7,10-13,15,18H,4-5,8-9,14,28H2,1-3H3,(H,30,33). The number of methoxy groups -OCH3 is 1. The normalized spacial score (nSPS) is 12.5. The van der Waals surface area contributed by atoms with Crippen LogP contribution in [0.2, 0.25) is 0 Å². The van der Waals surface area contributed by atoms with Crippen molar-refractivity contribution in [3.8, 4) is 16.9 Å². The van der Waals surface area contributed by atoms with E-state index in [0.29, 0.717) is 30.0 Å². The quantitative estimate of drug-likeness (QED) is 0.441. The molecule has 1 unspecified atom stereocenters. The Balaban J connectivity index is 1.80. The molecule has 0 aliphatic rings. The molecule has 2 amide bonds. The third kappa shape index (κ3) is 6.12. The van der Waals surface area contributed by atoms with E-state index >= 15 is 0 Å². The molecule has 0 radical (unpaired) electrons. The van der Waals surface area contributed by atoms with E-state index < -0.39 is 24.7 Å². The van der Waals surface area contributed by atoms with E-state index in [1.807, 2.05) is 41.8 Å². The number of nitrogen functional groups attached to an aromatic ring is 1. The minimum Gasteiger partial charge on any atom is -0.496 e. The maximum atomic E-state index is 12.8. The van der Waals surface area contributed by atoms with Gasteiger partial charge in [-0.05, 0) is 43.5 Å². The molecule has 0 bridgehead atoms. The van der Waals surface area contributed by atoms with Gasteiger partial charge in [-0.2, -0.15) is 13.2 Å². The number of amides is 2. The number of hydrogen-bond acceptors (Lipinski definition) is 4. The summed E-state index contributed by atoms with van der Waals surface area (Å²) >= 11 is 0. The number of carbonyl (C=O) groups excluding carboxylic acids is 1. The molecule has 3 rings (SSSR count). The van der Waals surface area contributed by atoms with Crippen molar-refractivity contribution in [1.29, 1.82) is 0 Å². The minimum absolute atomic E-state index is 0.145. The number of pyridine rings is 1. The van der Waals surface area contributed by atoms with E-state index in [1.54, 1.807) is 31.3 Å². The first-order valence-electron chi connectivity index (χ1n) is 11.2. The fourth-order valence-corrected chi connectivity index (χ4v) is 3.82. The largest absolute Gasteiger partial charge is 0.496 e. The summed E-state index contributed by atoms with van der Waals surface area (Å²) in [6, 6.07) is 6.49. The van der Waals surface area contributed by atoms with Crippen LogP contribution >= 0.6 is 0 Å². The van der Waals surface area contributed by atoms with Gasteiger partial charge in [-0.15, -0.1) is 0 Å². The number of carbonyl (C=O) groups is 1. The Morgan fingerprint density at radius 1 is 1.29 bits per heavy atom. The van der Waals surface area contributed by atoms with Crippen LogP contribution in [0.5, 0.6) is 5.75 Å². The molecule has 0 saturated heterocycles. The predicted molar refractivity (Wildman–Crippen MR) is 126 cm³/mol. The van der Waals surface area contributed by atoms with Gasteiger partial charge in [0.1, 0.15) is 5.75 Å². The first kappa shape index (κ1) is 25.2. The maximum absolute atomic E-state index is 12.8. The molecular weight excluding hydrogens is 447 g/mol. The number of rotatable bonds is 9. The summed E-state index contributed by atoms with van der Waals surface area (Å²) in [5.74, 6) is 0.647. The Morgan fingerprint density at radius 2 is 2.06 bits per heavy atom. The van der Waals surface area contributed by atoms with Crippen LogP contribution in [0.25, 0.3) is 16.8 Å². The molecular formula is C24H30F3N5O2. The van der Waals surface area contributed by atoms with E-state index in [0.717, 1.165) is 16.7 Å². The minimum atomic E-state index is -4.24. The van der Waals surface area contributed by atoms with Crippen molar-refractivity contribution in [2.75, 3.05) is 19.4 Å². The van der Waals surface area contributed by atoms with Crippen LogP contribution in [-0.2, 0) is 6.54 Å². The van der Waals surface area contributed by atoms with Crippen LogP contribution in [0.15, 0.2) is 42.9 Å². The molecule has 34 heavy (non-hydrogen) atoms. The summed E-state index contributed by atoms with van der Waals surface area (Å²) in [6.45, 7) is 4.28. The van der Waals surface area contributed by atoms with Gasteiger partial charge in [-0.1, -0.05) is 13.0 Å². The highest BCUT2D eigenvalue weighted by atomic mass is 19.4. The van der Waals surface area contributed by atoms with Gasteiger partial charge in [0.25, 0.3) is 0 Å². The number of alkyl halides is 3. The second-order valence-corrected chi connectivity index (χ2v) is 8.10. The van der Waals surface area contributed by atoms with Gasteiger partial charge in [0.2, 0.25) is 0 Å². The number of halogens is 3. The second-order valence-electron chi connectivity index (χ2n) is 8.10. The number of anilines is 1. The Hall–Kier alpha value is -3.43. The lowest BCUT2D eigenvalue weighted by Gasteiger charge is -2.26. The topological polar surface area (TPSA) is 84.9 Å². The Labute approximate surface area is 196 Å². The van der Waals surface area contributed by atoms with E-state index in [-0.39, 0.29) is 13.0 Å². The predicted octanol–water partition coefficient (Wildman–Crippen LogP) is 5.24. The number of nitrogens with one attached hydrogen (secondary N) is 1. The average molecular weight is 478 g/mol. The molecule has 1 atom stereocenters. The second kappa shape index (κ2) is 10.7. The fourth-order valence-electron chi connectivity index (χ4n) is 3.82. The first-order valence-corrected chi connectivity index (χ1v) is 11.2. The van der Waals surface area contributed by atoms with Gasteiger partial charge in [-0.25, -0.2) is 9.78 Å². The average Bonchev–Trinajstić information content (AvgIpc) is 3.28. The molecule has 184 valence electrons. The number of urea groups is 1. The van der Waals surface area contributed by atoms with E-state index in [4.69, 9.17) is 10.5 Å². The van der Waals surface area contributed by atoms with E-state index in [9.17, 15) is 18.0 Å². The smallest absolute Gasteiger partial charge is 0.389 e. The summed E-state index contributed by atoms with van der Waals surface area (Å²) < 4.78 is 45.1. The Morgan fingerprint density at radius 3 is 2.71 bits per heavy atom. The van der Waals surface area contributed by atoms with Gasteiger partial charge < -0.3 is 25.1 Å². The summed E-state index contributed by atoms with van der Waals surface area (Å²) in [5.41, 5.74) is 9.82. The first-order chi connectivity index (χ1) is 16.1. The molecule has 7 nitrogen and oxygen atoms in total. The molecule has 0 fully saturated rings. The third-order valence-electron chi connectivity index (χ3n) is 5.73. The highest BCUT2D eigenvalue weighted by molar-refractivity contribution is 5.78. The third-order valence-corrected chi connectivity index (χ3v) is 5.73. The number of fused-ring (bicyclic) bond motifs is 1. The van der Waals surface area contributed by atoms with Crippen molar-refractivity contribution >= 4 is 17.4 Å². The molecule has 0 spiro atoms. The molecule has 0 saturated carbocycles. The monoisotopic (exact) mass is 477 g/mol. The number of nitrogens with two attached hydrogens (primary N) is 1. The van der Waals surface area contributed by atoms with Gasteiger partial charge >= 0.3 is 12.2 Å². The van der Waals surface area contributed by atoms with E-state index in [2.05, 4.69) is 10.3 Å². The highest BCUT2D eigenvalue weighted by Gasteiger charge is 2.28. The van der Waals surface area contributed by atoms with Gasteiger partial charge in [0, 0.05) is 55.3 Å². The Kier molecular flexibility index (Phi) is 7.90. The number of nitrogens with zero attached hydrogens (tertiary/aromatic N) is 3. The van der Waals surface area contributed by atoms with Crippen molar-refractivity contribution in [3.63, 3.8) is 0 Å². The number of benzene rings is 1. The van der Waals surface area contributed by atoms with Gasteiger partial charge in [0.05, 0.1) is 12.8 Å². The van der Waals surface area contributed by atoms with Gasteiger partial charge in [0.15, 0.2) is 5.65 Å². The van der Waals surface area contributed by atoms with E-state index in [1.165, 1.54) is 0 Å². The number of imidazole rings is 1. The lowest BCUT2D eigenvalue weighted by molar-refractivity contribution is -0.136. The number of ether oxygens (including phenoxy) is 1. The lowest BCUT2D eigenvalue weighted by Crippen LogP contribution is -2.44. The number of aromatic nitrogens is 2. The molecule has 0 aliphatic heterocycles.